The van der Waals surface area contributed by atoms with Crippen molar-refractivity contribution in [2.24, 2.45) is 0 Å². The number of benzene rings is 1. The summed E-state index contributed by atoms with van der Waals surface area (Å²) in [6.45, 7) is 3.84. The minimum absolute atomic E-state index is 0.127. The summed E-state index contributed by atoms with van der Waals surface area (Å²) >= 11 is 3.50. The van der Waals surface area contributed by atoms with Gasteiger partial charge in [-0.2, -0.15) is 0 Å². The van der Waals surface area contributed by atoms with Crippen molar-refractivity contribution in [2.75, 3.05) is 5.32 Å². The van der Waals surface area contributed by atoms with Crippen molar-refractivity contribution < 1.29 is 4.79 Å². The van der Waals surface area contributed by atoms with Crippen LogP contribution in [0, 0.1) is 13.8 Å². The van der Waals surface area contributed by atoms with Crippen LogP contribution in [0.4, 0.5) is 5.69 Å². The largest absolute Gasteiger partial charge is 0.319 e. The Kier molecular flexibility index (Phi) is 3.51. The SMILES string of the molecule is Cc1ccccc1C(=O)Nc1cccn2c(Br)c(C)nc12. The summed E-state index contributed by atoms with van der Waals surface area (Å²) in [4.78, 5) is 16.9. The van der Waals surface area contributed by atoms with Crippen LogP contribution >= 0.6 is 15.9 Å². The molecule has 0 aliphatic rings. The van der Waals surface area contributed by atoms with Gasteiger partial charge in [0.25, 0.3) is 5.91 Å². The number of carbonyl (C=O) groups is 1. The Bertz CT molecular complexity index is 839. The molecule has 3 rings (SSSR count). The average Bonchev–Trinajstić information content (AvgIpc) is 2.76. The van der Waals surface area contributed by atoms with Crippen molar-refractivity contribution >= 4 is 33.2 Å². The van der Waals surface area contributed by atoms with Crippen LogP contribution in [-0.4, -0.2) is 15.3 Å². The van der Waals surface area contributed by atoms with Gasteiger partial charge < -0.3 is 5.32 Å². The molecule has 0 fully saturated rings. The lowest BCUT2D eigenvalue weighted by Crippen LogP contribution is -2.14. The number of nitrogens with zero attached hydrogens (tertiary/aromatic N) is 2. The smallest absolute Gasteiger partial charge is 0.256 e. The fourth-order valence-corrected chi connectivity index (χ4v) is 2.64. The van der Waals surface area contributed by atoms with Crippen LogP contribution < -0.4 is 5.32 Å². The number of aryl methyl sites for hydroxylation is 2. The highest BCUT2D eigenvalue weighted by molar-refractivity contribution is 9.10. The van der Waals surface area contributed by atoms with Gasteiger partial charge >= 0.3 is 0 Å². The summed E-state index contributed by atoms with van der Waals surface area (Å²) in [5, 5.41) is 2.94. The first kappa shape index (κ1) is 13.8. The van der Waals surface area contributed by atoms with Gasteiger partial charge in [-0.05, 0) is 53.5 Å². The molecule has 0 aliphatic carbocycles. The molecule has 2 heterocycles. The maximum absolute atomic E-state index is 12.4. The van der Waals surface area contributed by atoms with Gasteiger partial charge in [0.05, 0.1) is 11.4 Å². The van der Waals surface area contributed by atoms with E-state index in [1.807, 2.05) is 60.8 Å². The van der Waals surface area contributed by atoms with Gasteiger partial charge in [0.1, 0.15) is 4.60 Å². The molecule has 0 unspecified atom stereocenters. The van der Waals surface area contributed by atoms with Gasteiger partial charge in [-0.15, -0.1) is 0 Å². The molecular formula is C16H14BrN3O. The topological polar surface area (TPSA) is 46.4 Å². The molecule has 0 saturated heterocycles. The molecule has 0 aliphatic heterocycles. The second-order valence-electron chi connectivity index (χ2n) is 4.87. The molecule has 106 valence electrons. The van der Waals surface area contributed by atoms with E-state index in [1.165, 1.54) is 0 Å². The van der Waals surface area contributed by atoms with Crippen molar-refractivity contribution in [1.29, 1.82) is 0 Å². The lowest BCUT2D eigenvalue weighted by molar-refractivity contribution is 0.102. The van der Waals surface area contributed by atoms with Crippen LogP contribution in [0.1, 0.15) is 21.6 Å². The number of hydrogen-bond donors (Lipinski definition) is 1. The van der Waals surface area contributed by atoms with E-state index >= 15 is 0 Å². The third-order valence-corrected chi connectivity index (χ3v) is 4.34. The Hall–Kier alpha value is -2.14. The standard InChI is InChI=1S/C16H14BrN3O/c1-10-6-3-4-7-12(10)16(21)19-13-8-5-9-20-14(17)11(2)18-15(13)20/h3-9H,1-2H3,(H,19,21). The Morgan fingerprint density at radius 2 is 1.95 bits per heavy atom. The number of halogens is 1. The second-order valence-corrected chi connectivity index (χ2v) is 5.62. The number of rotatable bonds is 2. The average molecular weight is 344 g/mol. The molecule has 5 heteroatoms. The molecule has 4 nitrogen and oxygen atoms in total. The molecule has 2 aromatic heterocycles. The van der Waals surface area contributed by atoms with E-state index in [0.29, 0.717) is 11.3 Å². The zero-order valence-electron chi connectivity index (χ0n) is 11.7. The first-order chi connectivity index (χ1) is 10.1. The molecule has 1 amide bonds. The van der Waals surface area contributed by atoms with Crippen molar-refractivity contribution in [2.45, 2.75) is 13.8 Å². The lowest BCUT2D eigenvalue weighted by atomic mass is 10.1. The fraction of sp³-hybridized carbons (Fsp3) is 0.125. The summed E-state index contributed by atoms with van der Waals surface area (Å²) in [5.41, 5.74) is 3.92. The molecule has 1 N–H and O–H groups in total. The Balaban J connectivity index is 2.01. The number of nitrogens with one attached hydrogen (secondary N) is 1. The van der Waals surface area contributed by atoms with E-state index in [1.54, 1.807) is 0 Å². The third kappa shape index (κ3) is 2.45. The van der Waals surface area contributed by atoms with Gasteiger partial charge in [-0.1, -0.05) is 18.2 Å². The molecule has 0 radical (unpaired) electrons. The number of carbonyl (C=O) groups excluding carboxylic acids is 1. The van der Waals surface area contributed by atoms with Crippen LogP contribution in [0.3, 0.4) is 0 Å². The number of hydrogen-bond acceptors (Lipinski definition) is 2. The monoisotopic (exact) mass is 343 g/mol. The minimum atomic E-state index is -0.127. The van der Waals surface area contributed by atoms with E-state index in [-0.39, 0.29) is 5.91 Å². The number of amides is 1. The zero-order valence-corrected chi connectivity index (χ0v) is 13.3. The van der Waals surface area contributed by atoms with E-state index in [4.69, 9.17) is 0 Å². The van der Waals surface area contributed by atoms with Crippen molar-refractivity contribution in [3.63, 3.8) is 0 Å². The molecular weight excluding hydrogens is 330 g/mol. The lowest BCUT2D eigenvalue weighted by Gasteiger charge is -2.08. The Labute approximate surface area is 131 Å². The Morgan fingerprint density at radius 1 is 1.19 bits per heavy atom. The first-order valence-corrected chi connectivity index (χ1v) is 7.37. The van der Waals surface area contributed by atoms with Crippen LogP contribution in [-0.2, 0) is 0 Å². The zero-order chi connectivity index (χ0) is 15.0. The second kappa shape index (κ2) is 5.33. The number of fused-ring (bicyclic) bond motifs is 1. The quantitative estimate of drug-likeness (QED) is 0.765. The fourth-order valence-electron chi connectivity index (χ4n) is 2.27. The molecule has 0 spiro atoms. The van der Waals surface area contributed by atoms with Crippen LogP contribution in [0.5, 0.6) is 0 Å². The van der Waals surface area contributed by atoms with Gasteiger partial charge in [-0.3, -0.25) is 9.20 Å². The van der Waals surface area contributed by atoms with Crippen LogP contribution in [0.15, 0.2) is 47.2 Å². The highest BCUT2D eigenvalue weighted by Crippen LogP contribution is 2.24. The van der Waals surface area contributed by atoms with Crippen molar-refractivity contribution in [3.8, 4) is 0 Å². The predicted octanol–water partition coefficient (Wildman–Crippen LogP) is 3.97. The summed E-state index contributed by atoms with van der Waals surface area (Å²) in [7, 11) is 0. The van der Waals surface area contributed by atoms with E-state index in [2.05, 4.69) is 26.2 Å². The molecule has 3 aromatic rings. The minimum Gasteiger partial charge on any atom is -0.319 e. The van der Waals surface area contributed by atoms with Crippen LogP contribution in [0.2, 0.25) is 0 Å². The van der Waals surface area contributed by atoms with E-state index in [0.717, 1.165) is 21.5 Å². The number of anilines is 1. The van der Waals surface area contributed by atoms with E-state index in [9.17, 15) is 4.79 Å². The molecule has 0 atom stereocenters. The normalized spacial score (nSPS) is 10.8. The Morgan fingerprint density at radius 3 is 2.71 bits per heavy atom. The summed E-state index contributed by atoms with van der Waals surface area (Å²) in [6.07, 6.45) is 1.91. The number of imidazole rings is 1. The first-order valence-electron chi connectivity index (χ1n) is 6.58. The predicted molar refractivity (Wildman–Crippen MR) is 86.8 cm³/mol. The molecule has 0 saturated carbocycles. The molecule has 21 heavy (non-hydrogen) atoms. The highest BCUT2D eigenvalue weighted by atomic mass is 79.9. The van der Waals surface area contributed by atoms with Gasteiger partial charge in [0.15, 0.2) is 5.65 Å². The summed E-state index contributed by atoms with van der Waals surface area (Å²) in [5.74, 6) is -0.127. The highest BCUT2D eigenvalue weighted by Gasteiger charge is 2.13. The van der Waals surface area contributed by atoms with Gasteiger partial charge in [-0.25, -0.2) is 4.98 Å². The van der Waals surface area contributed by atoms with Gasteiger partial charge in [0.2, 0.25) is 0 Å². The maximum Gasteiger partial charge on any atom is 0.256 e. The summed E-state index contributed by atoms with van der Waals surface area (Å²) < 4.78 is 2.80. The molecule has 1 aromatic carbocycles. The third-order valence-electron chi connectivity index (χ3n) is 3.39. The maximum atomic E-state index is 12.4. The summed E-state index contributed by atoms with van der Waals surface area (Å²) in [6, 6.07) is 11.3. The van der Waals surface area contributed by atoms with Crippen molar-refractivity contribution in [3.05, 3.63) is 64.0 Å². The number of aromatic nitrogens is 2. The van der Waals surface area contributed by atoms with E-state index < -0.39 is 0 Å². The van der Waals surface area contributed by atoms with Crippen LogP contribution in [0.25, 0.3) is 5.65 Å². The molecule has 0 bridgehead atoms. The number of pyridine rings is 1. The van der Waals surface area contributed by atoms with Crippen molar-refractivity contribution in [1.82, 2.24) is 9.38 Å². The van der Waals surface area contributed by atoms with Gasteiger partial charge in [0, 0.05) is 11.8 Å².